The van der Waals surface area contributed by atoms with Crippen LogP contribution in [0, 0.1) is 5.92 Å². The number of ether oxygens (including phenoxy) is 2. The molecule has 1 saturated heterocycles. The summed E-state index contributed by atoms with van der Waals surface area (Å²) in [4.78, 5) is 41.1. The van der Waals surface area contributed by atoms with Gasteiger partial charge >= 0.3 is 11.9 Å². The van der Waals surface area contributed by atoms with E-state index >= 15 is 0 Å². The van der Waals surface area contributed by atoms with Crippen molar-refractivity contribution in [2.45, 2.75) is 31.9 Å². The van der Waals surface area contributed by atoms with Crippen LogP contribution in [0.15, 0.2) is 18.2 Å². The third kappa shape index (κ3) is 3.08. The number of thioether (sulfide) groups is 1. The van der Waals surface area contributed by atoms with E-state index in [2.05, 4.69) is 9.72 Å². The Bertz CT molecular complexity index is 789. The SMILES string of the molecule is CC(=O)OCOC(=O)C1=C(n2cnc(CN)c2)S[C@@H]2[C@@H]([C@@H](C)O)C(=O)N12. The van der Waals surface area contributed by atoms with Crippen molar-refractivity contribution in [1.29, 1.82) is 0 Å². The van der Waals surface area contributed by atoms with Crippen LogP contribution in [0.4, 0.5) is 0 Å². The van der Waals surface area contributed by atoms with E-state index < -0.39 is 36.1 Å². The van der Waals surface area contributed by atoms with Crippen molar-refractivity contribution in [3.05, 3.63) is 23.9 Å². The van der Waals surface area contributed by atoms with Gasteiger partial charge in [0.2, 0.25) is 12.7 Å². The third-order valence-corrected chi connectivity index (χ3v) is 5.38. The molecule has 2 aliphatic heterocycles. The molecule has 0 aliphatic carbocycles. The smallest absolute Gasteiger partial charge is 0.360 e. The fourth-order valence-electron chi connectivity index (χ4n) is 2.75. The third-order valence-electron chi connectivity index (χ3n) is 4.01. The Morgan fingerprint density at radius 3 is 2.77 bits per heavy atom. The molecule has 0 spiro atoms. The predicted octanol–water partition coefficient (Wildman–Crippen LogP) is -0.556. The molecule has 0 saturated carbocycles. The maximum Gasteiger partial charge on any atom is 0.360 e. The number of amides is 1. The van der Waals surface area contributed by atoms with Crippen molar-refractivity contribution in [2.24, 2.45) is 11.7 Å². The molecule has 26 heavy (non-hydrogen) atoms. The zero-order chi connectivity index (χ0) is 19.0. The van der Waals surface area contributed by atoms with E-state index in [1.807, 2.05) is 0 Å². The van der Waals surface area contributed by atoms with Crippen LogP contribution in [0.5, 0.6) is 0 Å². The fourth-order valence-corrected chi connectivity index (χ4v) is 4.30. The largest absolute Gasteiger partial charge is 0.428 e. The normalized spacial score (nSPS) is 22.8. The molecule has 0 aromatic carbocycles. The van der Waals surface area contributed by atoms with Crippen LogP contribution < -0.4 is 5.73 Å². The van der Waals surface area contributed by atoms with Crippen LogP contribution >= 0.6 is 11.8 Å². The van der Waals surface area contributed by atoms with Gasteiger partial charge in [0.25, 0.3) is 0 Å². The summed E-state index contributed by atoms with van der Waals surface area (Å²) < 4.78 is 11.1. The van der Waals surface area contributed by atoms with E-state index in [1.165, 1.54) is 36.8 Å². The Hall–Kier alpha value is -2.37. The highest BCUT2D eigenvalue weighted by atomic mass is 32.2. The molecule has 3 heterocycles. The number of β-lactam (4-membered cyclic amide) rings is 1. The number of nitrogens with zero attached hydrogens (tertiary/aromatic N) is 3. The Balaban J connectivity index is 1.90. The Kier molecular flexibility index (Phi) is 5.03. The summed E-state index contributed by atoms with van der Waals surface area (Å²) in [5.41, 5.74) is 6.20. The van der Waals surface area contributed by atoms with Crippen LogP contribution in [0.1, 0.15) is 19.5 Å². The van der Waals surface area contributed by atoms with Crippen LogP contribution in [-0.2, 0) is 30.4 Å². The predicted molar refractivity (Wildman–Crippen MR) is 89.5 cm³/mol. The van der Waals surface area contributed by atoms with Crippen molar-refractivity contribution in [2.75, 3.05) is 6.79 Å². The minimum absolute atomic E-state index is 0.0232. The maximum atomic E-state index is 12.5. The van der Waals surface area contributed by atoms with Crippen molar-refractivity contribution >= 4 is 34.6 Å². The standard InChI is InChI=1S/C15H18N4O6S/c1-7(20)10-12(22)19-11(15(23)25-6-24-8(2)21)14(26-13(10)19)18-4-9(3-16)17-5-18/h4-5,7,10,13,20H,3,6,16H2,1-2H3/t7-,10+,13-/m1/s1. The van der Waals surface area contributed by atoms with Crippen molar-refractivity contribution in [3.63, 3.8) is 0 Å². The van der Waals surface area contributed by atoms with Crippen molar-refractivity contribution < 1.29 is 29.0 Å². The quantitative estimate of drug-likeness (QED) is 0.377. The van der Waals surface area contributed by atoms with E-state index in [9.17, 15) is 19.5 Å². The van der Waals surface area contributed by atoms with Gasteiger partial charge in [-0.1, -0.05) is 11.8 Å². The van der Waals surface area contributed by atoms with Gasteiger partial charge in [-0.2, -0.15) is 0 Å². The first kappa shape index (κ1) is 18.4. The number of hydrogen-bond donors (Lipinski definition) is 2. The zero-order valence-electron chi connectivity index (χ0n) is 14.1. The number of carbonyl (C=O) groups excluding carboxylic acids is 3. The van der Waals surface area contributed by atoms with Crippen molar-refractivity contribution in [3.8, 4) is 0 Å². The summed E-state index contributed by atoms with van der Waals surface area (Å²) in [7, 11) is 0. The second kappa shape index (κ2) is 7.09. The average molecular weight is 382 g/mol. The van der Waals surface area contributed by atoms with Crippen molar-refractivity contribution in [1.82, 2.24) is 14.5 Å². The van der Waals surface area contributed by atoms with Crippen LogP contribution in [0.2, 0.25) is 0 Å². The summed E-state index contributed by atoms with van der Waals surface area (Å²) in [6.07, 6.45) is 2.28. The molecule has 140 valence electrons. The second-order valence-electron chi connectivity index (χ2n) is 5.80. The Morgan fingerprint density at radius 1 is 1.46 bits per heavy atom. The lowest BCUT2D eigenvalue weighted by Crippen LogP contribution is -2.60. The van der Waals surface area contributed by atoms with Gasteiger partial charge in [0.1, 0.15) is 10.4 Å². The molecule has 0 radical (unpaired) electrons. The van der Waals surface area contributed by atoms with E-state index in [0.717, 1.165) is 0 Å². The van der Waals surface area contributed by atoms with Gasteiger partial charge in [0, 0.05) is 19.7 Å². The molecule has 1 amide bonds. The first-order valence-corrected chi connectivity index (χ1v) is 8.69. The number of carbonyl (C=O) groups is 3. The first-order valence-electron chi connectivity index (χ1n) is 7.81. The Morgan fingerprint density at radius 2 is 2.19 bits per heavy atom. The second-order valence-corrected chi connectivity index (χ2v) is 6.90. The summed E-state index contributed by atoms with van der Waals surface area (Å²) in [6.45, 7) is 2.38. The molecular weight excluding hydrogens is 364 g/mol. The molecule has 1 fully saturated rings. The van der Waals surface area contributed by atoms with Gasteiger partial charge in [-0.15, -0.1) is 0 Å². The van der Waals surface area contributed by atoms with Gasteiger partial charge in [-0.25, -0.2) is 9.78 Å². The number of aliphatic hydroxyl groups excluding tert-OH is 1. The highest BCUT2D eigenvalue weighted by Gasteiger charge is 2.58. The fraction of sp³-hybridized carbons (Fsp3) is 0.467. The molecule has 3 rings (SSSR count). The van der Waals surface area contributed by atoms with E-state index in [0.29, 0.717) is 10.7 Å². The van der Waals surface area contributed by atoms with Gasteiger partial charge in [-0.3, -0.25) is 19.1 Å². The number of esters is 2. The molecule has 0 unspecified atom stereocenters. The van der Waals surface area contributed by atoms with Gasteiger partial charge in [-0.05, 0) is 6.92 Å². The summed E-state index contributed by atoms with van der Waals surface area (Å²) in [5, 5.41) is 9.84. The monoisotopic (exact) mass is 382 g/mol. The van der Waals surface area contributed by atoms with E-state index in [4.69, 9.17) is 10.5 Å². The number of rotatable bonds is 6. The zero-order valence-corrected chi connectivity index (χ0v) is 14.9. The highest BCUT2D eigenvalue weighted by molar-refractivity contribution is 8.08. The molecule has 3 atom stereocenters. The van der Waals surface area contributed by atoms with E-state index in [1.54, 1.807) is 10.8 Å². The molecule has 3 N–H and O–H groups in total. The maximum absolute atomic E-state index is 12.5. The summed E-state index contributed by atoms with van der Waals surface area (Å²) in [5.74, 6) is -2.39. The van der Waals surface area contributed by atoms with E-state index in [-0.39, 0.29) is 18.1 Å². The number of imidazole rings is 1. The average Bonchev–Trinajstić information content (AvgIpc) is 3.16. The lowest BCUT2D eigenvalue weighted by atomic mass is 9.92. The summed E-state index contributed by atoms with van der Waals surface area (Å²) >= 11 is 1.25. The molecule has 10 nitrogen and oxygen atoms in total. The lowest BCUT2D eigenvalue weighted by Gasteiger charge is -2.43. The minimum Gasteiger partial charge on any atom is -0.428 e. The van der Waals surface area contributed by atoms with Gasteiger partial charge in [0.05, 0.1) is 24.0 Å². The molecule has 11 heteroatoms. The summed E-state index contributed by atoms with van der Waals surface area (Å²) in [6, 6.07) is 0. The molecular formula is C15H18N4O6S. The number of aromatic nitrogens is 2. The molecule has 0 bridgehead atoms. The van der Waals surface area contributed by atoms with Crippen LogP contribution in [0.3, 0.4) is 0 Å². The first-order chi connectivity index (χ1) is 12.3. The number of hydrogen-bond acceptors (Lipinski definition) is 9. The number of aliphatic hydroxyl groups is 1. The van der Waals surface area contributed by atoms with Gasteiger partial charge < -0.3 is 20.3 Å². The molecule has 1 aromatic heterocycles. The topological polar surface area (TPSA) is 137 Å². The van der Waals surface area contributed by atoms with Crippen LogP contribution in [0.25, 0.3) is 5.03 Å². The molecule has 2 aliphatic rings. The van der Waals surface area contributed by atoms with Crippen LogP contribution in [-0.4, -0.2) is 55.7 Å². The van der Waals surface area contributed by atoms with Gasteiger partial charge in [0.15, 0.2) is 5.70 Å². The molecule has 1 aromatic rings. The highest BCUT2D eigenvalue weighted by Crippen LogP contribution is 2.52. The Labute approximate surface area is 152 Å². The number of fused-ring (bicyclic) bond motifs is 1. The minimum atomic E-state index is -0.851. The lowest BCUT2D eigenvalue weighted by molar-refractivity contribution is -0.168. The number of nitrogens with two attached hydrogens (primary N) is 1.